The summed E-state index contributed by atoms with van der Waals surface area (Å²) in [7, 11) is 0. The number of carbonyl (C=O) groups is 2. The molecule has 2 heterocycles. The Hall–Kier alpha value is -1.50. The van der Waals surface area contributed by atoms with Gasteiger partial charge in [-0.25, -0.2) is 9.59 Å². The second-order valence-corrected chi connectivity index (χ2v) is 8.76. The van der Waals surface area contributed by atoms with Gasteiger partial charge in [0.15, 0.2) is 0 Å². The Bertz CT molecular complexity index is 493. The zero-order chi connectivity index (χ0) is 18.8. The van der Waals surface area contributed by atoms with Gasteiger partial charge in [-0.1, -0.05) is 13.8 Å². The lowest BCUT2D eigenvalue weighted by atomic mass is 9.68. The third kappa shape index (κ3) is 4.77. The standard InChI is InChI=1S/C18H33N3O4/c1-17(2,3)25-16(24)20-9-6-13(7-10-20)18(4,5)14-12-19-8-11-21(14)15(22)23/h13-14,19H,6-12H2,1-5H3,(H,22,23). The molecule has 1 atom stereocenters. The average Bonchev–Trinajstić information content (AvgIpc) is 2.53. The molecule has 0 aromatic heterocycles. The summed E-state index contributed by atoms with van der Waals surface area (Å²) in [5.41, 5.74) is -0.630. The van der Waals surface area contributed by atoms with Crippen molar-refractivity contribution in [3.8, 4) is 0 Å². The molecule has 0 aliphatic carbocycles. The Morgan fingerprint density at radius 2 is 1.68 bits per heavy atom. The molecule has 7 nitrogen and oxygen atoms in total. The summed E-state index contributed by atoms with van der Waals surface area (Å²) in [4.78, 5) is 27.2. The van der Waals surface area contributed by atoms with Crippen LogP contribution in [-0.4, -0.2) is 71.5 Å². The van der Waals surface area contributed by atoms with E-state index < -0.39 is 11.7 Å². The molecule has 0 saturated carbocycles. The summed E-state index contributed by atoms with van der Waals surface area (Å²) in [6, 6.07) is -0.0446. The molecule has 2 rings (SSSR count). The van der Waals surface area contributed by atoms with Gasteiger partial charge in [-0.15, -0.1) is 0 Å². The number of carbonyl (C=O) groups excluding carboxylic acids is 1. The van der Waals surface area contributed by atoms with Crippen molar-refractivity contribution in [1.82, 2.24) is 15.1 Å². The number of nitrogens with zero attached hydrogens (tertiary/aromatic N) is 2. The summed E-state index contributed by atoms with van der Waals surface area (Å²) in [6.07, 6.45) is 0.646. The van der Waals surface area contributed by atoms with Crippen LogP contribution >= 0.6 is 0 Å². The number of hydrogen-bond acceptors (Lipinski definition) is 4. The zero-order valence-electron chi connectivity index (χ0n) is 16.2. The molecule has 2 fully saturated rings. The van der Waals surface area contributed by atoms with E-state index in [0.717, 1.165) is 12.8 Å². The van der Waals surface area contributed by atoms with Crippen LogP contribution in [0.5, 0.6) is 0 Å². The minimum atomic E-state index is -0.842. The monoisotopic (exact) mass is 355 g/mol. The van der Waals surface area contributed by atoms with Crippen molar-refractivity contribution in [2.75, 3.05) is 32.7 Å². The van der Waals surface area contributed by atoms with Gasteiger partial charge < -0.3 is 25.0 Å². The quantitative estimate of drug-likeness (QED) is 0.796. The lowest BCUT2D eigenvalue weighted by Crippen LogP contribution is -2.61. The van der Waals surface area contributed by atoms with Crippen LogP contribution in [0.4, 0.5) is 9.59 Å². The number of nitrogens with one attached hydrogen (secondary N) is 1. The number of rotatable bonds is 2. The van der Waals surface area contributed by atoms with Gasteiger partial charge in [-0.2, -0.15) is 0 Å². The number of piperidine rings is 1. The molecule has 144 valence electrons. The van der Waals surface area contributed by atoms with Crippen LogP contribution in [0.1, 0.15) is 47.5 Å². The fourth-order valence-electron chi connectivity index (χ4n) is 4.00. The van der Waals surface area contributed by atoms with Crippen molar-refractivity contribution in [3.63, 3.8) is 0 Å². The summed E-state index contributed by atoms with van der Waals surface area (Å²) in [6.45, 7) is 13.2. The Balaban J connectivity index is 1.98. The highest BCUT2D eigenvalue weighted by atomic mass is 16.6. The van der Waals surface area contributed by atoms with E-state index in [1.165, 1.54) is 0 Å². The van der Waals surface area contributed by atoms with Crippen LogP contribution in [-0.2, 0) is 4.74 Å². The van der Waals surface area contributed by atoms with Gasteiger partial charge in [-0.3, -0.25) is 0 Å². The summed E-state index contributed by atoms with van der Waals surface area (Å²) in [5.74, 6) is 0.373. The number of amides is 2. The fourth-order valence-corrected chi connectivity index (χ4v) is 4.00. The van der Waals surface area contributed by atoms with Crippen LogP contribution in [0.15, 0.2) is 0 Å². The molecular formula is C18H33N3O4. The third-order valence-corrected chi connectivity index (χ3v) is 5.55. The first-order valence-corrected chi connectivity index (χ1v) is 9.20. The Morgan fingerprint density at radius 1 is 1.08 bits per heavy atom. The van der Waals surface area contributed by atoms with Crippen molar-refractivity contribution < 1.29 is 19.4 Å². The molecule has 2 aliphatic rings. The van der Waals surface area contributed by atoms with E-state index in [2.05, 4.69) is 19.2 Å². The molecule has 2 N–H and O–H groups in total. The molecule has 2 aliphatic heterocycles. The topological polar surface area (TPSA) is 82.1 Å². The van der Waals surface area contributed by atoms with Crippen LogP contribution in [0, 0.1) is 11.3 Å². The van der Waals surface area contributed by atoms with Gasteiger partial charge in [0.2, 0.25) is 0 Å². The molecule has 0 radical (unpaired) electrons. The highest BCUT2D eigenvalue weighted by Gasteiger charge is 2.44. The lowest BCUT2D eigenvalue weighted by Gasteiger charge is -2.49. The molecule has 2 amide bonds. The smallest absolute Gasteiger partial charge is 0.410 e. The minimum Gasteiger partial charge on any atom is -0.465 e. The zero-order valence-corrected chi connectivity index (χ0v) is 16.2. The van der Waals surface area contributed by atoms with Crippen molar-refractivity contribution in [2.24, 2.45) is 11.3 Å². The molecule has 1 unspecified atom stereocenters. The first-order valence-electron chi connectivity index (χ1n) is 9.20. The number of piperazine rings is 1. The number of ether oxygens (including phenoxy) is 1. The van der Waals surface area contributed by atoms with Gasteiger partial charge in [-0.05, 0) is 44.9 Å². The van der Waals surface area contributed by atoms with Crippen LogP contribution in [0.2, 0.25) is 0 Å². The Labute approximate surface area is 150 Å². The second kappa shape index (κ2) is 7.40. The van der Waals surface area contributed by atoms with Gasteiger partial charge in [0, 0.05) is 32.7 Å². The maximum absolute atomic E-state index is 12.2. The van der Waals surface area contributed by atoms with Gasteiger partial charge in [0.25, 0.3) is 0 Å². The predicted molar refractivity (Wildman–Crippen MR) is 95.7 cm³/mol. The van der Waals surface area contributed by atoms with Gasteiger partial charge in [0.1, 0.15) is 5.60 Å². The second-order valence-electron chi connectivity index (χ2n) is 8.76. The molecule has 2 saturated heterocycles. The summed E-state index contributed by atoms with van der Waals surface area (Å²) < 4.78 is 5.45. The van der Waals surface area contributed by atoms with E-state index in [1.807, 2.05) is 20.8 Å². The molecule has 7 heteroatoms. The summed E-state index contributed by atoms with van der Waals surface area (Å²) >= 11 is 0. The number of hydrogen-bond donors (Lipinski definition) is 2. The number of carboxylic acid groups (broad SMARTS) is 1. The van der Waals surface area contributed by atoms with Crippen LogP contribution < -0.4 is 5.32 Å². The Morgan fingerprint density at radius 3 is 2.20 bits per heavy atom. The van der Waals surface area contributed by atoms with E-state index in [9.17, 15) is 14.7 Å². The molecule has 0 aromatic rings. The fraction of sp³-hybridized carbons (Fsp3) is 0.889. The predicted octanol–water partition coefficient (Wildman–Crippen LogP) is 2.61. The largest absolute Gasteiger partial charge is 0.465 e. The first-order chi connectivity index (χ1) is 11.5. The van der Waals surface area contributed by atoms with Crippen molar-refractivity contribution in [2.45, 2.75) is 59.1 Å². The Kier molecular flexibility index (Phi) is 5.86. The van der Waals surface area contributed by atoms with E-state index in [1.54, 1.807) is 9.80 Å². The van der Waals surface area contributed by atoms with Gasteiger partial charge >= 0.3 is 12.2 Å². The minimum absolute atomic E-state index is 0.0446. The number of likely N-dealkylation sites (tertiary alicyclic amines) is 1. The van der Waals surface area contributed by atoms with E-state index in [4.69, 9.17) is 4.74 Å². The van der Waals surface area contributed by atoms with E-state index in [0.29, 0.717) is 38.6 Å². The molecule has 0 bridgehead atoms. The highest BCUT2D eigenvalue weighted by molar-refractivity contribution is 5.68. The molecule has 0 spiro atoms. The summed E-state index contributed by atoms with van der Waals surface area (Å²) in [5, 5.41) is 12.9. The molecule has 25 heavy (non-hydrogen) atoms. The van der Waals surface area contributed by atoms with Crippen molar-refractivity contribution in [3.05, 3.63) is 0 Å². The normalized spacial score (nSPS) is 23.5. The first kappa shape index (κ1) is 19.8. The van der Waals surface area contributed by atoms with Gasteiger partial charge in [0.05, 0.1) is 6.04 Å². The maximum Gasteiger partial charge on any atom is 0.410 e. The molecular weight excluding hydrogens is 322 g/mol. The molecule has 0 aromatic carbocycles. The highest BCUT2D eigenvalue weighted by Crippen LogP contribution is 2.40. The van der Waals surface area contributed by atoms with E-state index in [-0.39, 0.29) is 17.6 Å². The third-order valence-electron chi connectivity index (χ3n) is 5.55. The van der Waals surface area contributed by atoms with Crippen molar-refractivity contribution >= 4 is 12.2 Å². The van der Waals surface area contributed by atoms with Crippen molar-refractivity contribution in [1.29, 1.82) is 0 Å². The average molecular weight is 355 g/mol. The van der Waals surface area contributed by atoms with E-state index >= 15 is 0 Å². The lowest BCUT2D eigenvalue weighted by molar-refractivity contribution is -0.00844. The SMILES string of the molecule is CC(C)(C)OC(=O)N1CCC(C(C)(C)C2CNCCN2C(=O)O)CC1. The maximum atomic E-state index is 12.2. The van der Waals surface area contributed by atoms with Crippen LogP contribution in [0.3, 0.4) is 0 Å². The van der Waals surface area contributed by atoms with Crippen LogP contribution in [0.25, 0.3) is 0 Å².